The van der Waals surface area contributed by atoms with Gasteiger partial charge in [0.25, 0.3) is 0 Å². The van der Waals surface area contributed by atoms with Crippen molar-refractivity contribution < 1.29 is 0 Å². The Morgan fingerprint density at radius 2 is 1.44 bits per heavy atom. The van der Waals surface area contributed by atoms with Gasteiger partial charge in [-0.05, 0) is 12.2 Å². The summed E-state index contributed by atoms with van der Waals surface area (Å²) in [6.07, 6.45) is 3.97. The van der Waals surface area contributed by atoms with Crippen LogP contribution in [0.4, 0.5) is 0 Å². The summed E-state index contributed by atoms with van der Waals surface area (Å²) in [5, 5.41) is 0. The van der Waals surface area contributed by atoms with Gasteiger partial charge in [-0.2, -0.15) is 0 Å². The van der Waals surface area contributed by atoms with Crippen LogP contribution in [0.5, 0.6) is 0 Å². The molecule has 0 saturated carbocycles. The van der Waals surface area contributed by atoms with Crippen LogP contribution in [0.2, 0.25) is 0 Å². The Bertz CT molecular complexity index is 100. The molecule has 0 radical (unpaired) electrons. The Labute approximate surface area is 59.0 Å². The van der Waals surface area contributed by atoms with E-state index >= 15 is 0 Å². The van der Waals surface area contributed by atoms with Gasteiger partial charge in [-0.15, -0.1) is 0 Å². The zero-order valence-corrected chi connectivity index (χ0v) is 7.49. The van der Waals surface area contributed by atoms with Gasteiger partial charge in [0.15, 0.2) is 0 Å². The number of hydrogen-bond donors (Lipinski definition) is 0. The van der Waals surface area contributed by atoms with Gasteiger partial charge < -0.3 is 0 Å². The molecule has 52 valence electrons. The van der Waals surface area contributed by atoms with Crippen molar-refractivity contribution in [1.82, 2.24) is 0 Å². The standard InChI is InChI=1S/C8H16P/c1-6-8(7-2)9(3,4)5/h6-8H,1-2H2,3-5H3/q+1. The minimum absolute atomic E-state index is 0.539. The van der Waals surface area contributed by atoms with E-state index in [0.29, 0.717) is 5.66 Å². The van der Waals surface area contributed by atoms with Crippen molar-refractivity contribution >= 4 is 7.26 Å². The van der Waals surface area contributed by atoms with E-state index in [1.54, 1.807) is 0 Å². The SMILES string of the molecule is C=CC(C=C)[P+](C)(C)C. The smallest absolute Gasteiger partial charge is 0.0989 e. The third-order valence-electron chi connectivity index (χ3n) is 1.38. The first-order valence-corrected chi connectivity index (χ1v) is 6.28. The summed E-state index contributed by atoms with van der Waals surface area (Å²) in [5.74, 6) is 0. The lowest BCUT2D eigenvalue weighted by atomic mass is 10.4. The summed E-state index contributed by atoms with van der Waals surface area (Å²) in [6.45, 7) is 14.4. The fourth-order valence-electron chi connectivity index (χ4n) is 0.729. The molecule has 0 heterocycles. The molecule has 0 N–H and O–H groups in total. The number of allylic oxidation sites excluding steroid dienone is 2. The second kappa shape index (κ2) is 3.17. The van der Waals surface area contributed by atoms with E-state index in [2.05, 4.69) is 33.2 Å². The van der Waals surface area contributed by atoms with Crippen molar-refractivity contribution in [3.63, 3.8) is 0 Å². The van der Waals surface area contributed by atoms with Crippen LogP contribution in [-0.2, 0) is 0 Å². The van der Waals surface area contributed by atoms with Crippen LogP contribution in [0.1, 0.15) is 0 Å². The van der Waals surface area contributed by atoms with Crippen LogP contribution >= 0.6 is 7.26 Å². The van der Waals surface area contributed by atoms with Gasteiger partial charge in [0.2, 0.25) is 0 Å². The van der Waals surface area contributed by atoms with E-state index in [1.165, 1.54) is 0 Å². The third kappa shape index (κ3) is 2.81. The Kier molecular flexibility index (Phi) is 3.14. The highest BCUT2D eigenvalue weighted by Gasteiger charge is 2.24. The summed E-state index contributed by atoms with van der Waals surface area (Å²) < 4.78 is 0. The lowest BCUT2D eigenvalue weighted by molar-refractivity contribution is 1.38. The van der Waals surface area contributed by atoms with Crippen molar-refractivity contribution in [3.05, 3.63) is 25.3 Å². The number of hydrogen-bond acceptors (Lipinski definition) is 0. The molecule has 0 aliphatic heterocycles. The average Bonchev–Trinajstić information content (AvgIpc) is 1.65. The molecule has 0 spiro atoms. The Balaban J connectivity index is 4.11. The number of rotatable bonds is 3. The second-order valence-electron chi connectivity index (χ2n) is 3.08. The van der Waals surface area contributed by atoms with Crippen LogP contribution in [0, 0.1) is 0 Å². The van der Waals surface area contributed by atoms with Gasteiger partial charge in [-0.25, -0.2) is 0 Å². The van der Waals surface area contributed by atoms with Gasteiger partial charge >= 0.3 is 0 Å². The molecule has 1 heteroatoms. The highest BCUT2D eigenvalue weighted by atomic mass is 31.2. The van der Waals surface area contributed by atoms with E-state index in [9.17, 15) is 0 Å². The van der Waals surface area contributed by atoms with Gasteiger partial charge in [0.05, 0.1) is 0 Å². The van der Waals surface area contributed by atoms with Crippen LogP contribution in [-0.4, -0.2) is 25.7 Å². The van der Waals surface area contributed by atoms with Crippen molar-refractivity contribution in [3.8, 4) is 0 Å². The maximum atomic E-state index is 3.75. The van der Waals surface area contributed by atoms with E-state index in [0.717, 1.165) is 0 Å². The molecular weight excluding hydrogens is 127 g/mol. The summed E-state index contributed by atoms with van der Waals surface area (Å²) >= 11 is 0. The molecule has 0 unspecified atom stereocenters. The molecule has 0 atom stereocenters. The molecule has 0 aromatic carbocycles. The minimum atomic E-state index is -0.762. The molecule has 0 bridgehead atoms. The fourth-order valence-corrected chi connectivity index (χ4v) is 1.99. The van der Waals surface area contributed by atoms with Crippen LogP contribution in [0.25, 0.3) is 0 Å². The van der Waals surface area contributed by atoms with Gasteiger partial charge in [-0.3, -0.25) is 0 Å². The highest BCUT2D eigenvalue weighted by Crippen LogP contribution is 2.52. The van der Waals surface area contributed by atoms with Gasteiger partial charge in [0.1, 0.15) is 5.66 Å². The molecule has 0 rings (SSSR count). The summed E-state index contributed by atoms with van der Waals surface area (Å²) in [5.41, 5.74) is 0.539. The summed E-state index contributed by atoms with van der Waals surface area (Å²) in [6, 6.07) is 0. The lowest BCUT2D eigenvalue weighted by Crippen LogP contribution is -2.03. The summed E-state index contributed by atoms with van der Waals surface area (Å²) in [7, 11) is -0.762. The molecule has 0 aliphatic rings. The van der Waals surface area contributed by atoms with Crippen LogP contribution < -0.4 is 0 Å². The maximum absolute atomic E-state index is 3.75. The molecule has 0 aromatic heterocycles. The predicted octanol–water partition coefficient (Wildman–Crippen LogP) is 2.63. The molecular formula is C8H16P+. The molecule has 0 nitrogen and oxygen atoms in total. The molecule has 9 heavy (non-hydrogen) atoms. The quantitative estimate of drug-likeness (QED) is 0.421. The first kappa shape index (κ1) is 8.91. The molecule has 0 amide bonds. The zero-order valence-electron chi connectivity index (χ0n) is 6.59. The van der Waals surface area contributed by atoms with E-state index in [4.69, 9.17) is 0 Å². The van der Waals surface area contributed by atoms with E-state index in [1.807, 2.05) is 12.2 Å². The first-order valence-electron chi connectivity index (χ1n) is 3.08. The van der Waals surface area contributed by atoms with Crippen LogP contribution in [0.3, 0.4) is 0 Å². The summed E-state index contributed by atoms with van der Waals surface area (Å²) in [4.78, 5) is 0. The minimum Gasteiger partial charge on any atom is -0.0989 e. The molecule has 0 aromatic rings. The van der Waals surface area contributed by atoms with Crippen molar-refractivity contribution in [2.24, 2.45) is 0 Å². The van der Waals surface area contributed by atoms with Crippen molar-refractivity contribution in [2.75, 3.05) is 20.0 Å². The van der Waals surface area contributed by atoms with Crippen molar-refractivity contribution in [2.45, 2.75) is 5.66 Å². The third-order valence-corrected chi connectivity index (χ3v) is 3.59. The topological polar surface area (TPSA) is 0 Å². The highest BCUT2D eigenvalue weighted by molar-refractivity contribution is 7.74. The first-order chi connectivity index (χ1) is 4.02. The fraction of sp³-hybridized carbons (Fsp3) is 0.500. The van der Waals surface area contributed by atoms with Crippen LogP contribution in [0.15, 0.2) is 25.3 Å². The molecule has 0 saturated heterocycles. The molecule has 0 fully saturated rings. The maximum Gasteiger partial charge on any atom is 0.104 e. The lowest BCUT2D eigenvalue weighted by Gasteiger charge is -2.17. The van der Waals surface area contributed by atoms with Gasteiger partial charge in [0, 0.05) is 27.3 Å². The Morgan fingerprint density at radius 3 is 1.44 bits per heavy atom. The zero-order chi connectivity index (χ0) is 7.49. The second-order valence-corrected chi connectivity index (χ2v) is 7.91. The monoisotopic (exact) mass is 143 g/mol. The van der Waals surface area contributed by atoms with E-state index < -0.39 is 7.26 Å². The average molecular weight is 143 g/mol. The Hall–Kier alpha value is -0.0900. The Morgan fingerprint density at radius 1 is 1.11 bits per heavy atom. The predicted molar refractivity (Wildman–Crippen MR) is 48.9 cm³/mol. The van der Waals surface area contributed by atoms with Crippen molar-refractivity contribution in [1.29, 1.82) is 0 Å². The normalized spacial score (nSPS) is 11.6. The molecule has 0 aliphatic carbocycles. The largest absolute Gasteiger partial charge is 0.104 e. The van der Waals surface area contributed by atoms with E-state index in [-0.39, 0.29) is 0 Å². The van der Waals surface area contributed by atoms with Gasteiger partial charge in [-0.1, -0.05) is 13.2 Å².